The third-order valence-corrected chi connectivity index (χ3v) is 3.11. The SMILES string of the molecule is COc1ccc(Br)cc1Cn1cc(N)c(=O)[nH]c1=O. The summed E-state index contributed by atoms with van der Waals surface area (Å²) in [5.74, 6) is 0.653. The van der Waals surface area contributed by atoms with Crippen LogP contribution in [0.4, 0.5) is 5.69 Å². The van der Waals surface area contributed by atoms with Gasteiger partial charge in [0.25, 0.3) is 5.56 Å². The Kier molecular flexibility index (Phi) is 3.75. The van der Waals surface area contributed by atoms with Crippen LogP contribution >= 0.6 is 15.9 Å². The highest BCUT2D eigenvalue weighted by atomic mass is 79.9. The molecule has 1 heterocycles. The van der Waals surface area contributed by atoms with Crippen molar-refractivity contribution in [1.82, 2.24) is 9.55 Å². The number of ether oxygens (including phenoxy) is 1. The van der Waals surface area contributed by atoms with Crippen LogP contribution in [0.3, 0.4) is 0 Å². The van der Waals surface area contributed by atoms with Gasteiger partial charge in [-0.25, -0.2) is 4.79 Å². The first kappa shape index (κ1) is 13.4. The lowest BCUT2D eigenvalue weighted by atomic mass is 10.2. The summed E-state index contributed by atoms with van der Waals surface area (Å²) >= 11 is 3.36. The van der Waals surface area contributed by atoms with E-state index in [9.17, 15) is 9.59 Å². The molecule has 100 valence electrons. The predicted octanol–water partition coefficient (Wildman–Crippen LogP) is 0.938. The van der Waals surface area contributed by atoms with E-state index in [2.05, 4.69) is 20.9 Å². The maximum atomic E-state index is 11.7. The van der Waals surface area contributed by atoms with E-state index in [0.717, 1.165) is 10.0 Å². The van der Waals surface area contributed by atoms with Crippen LogP contribution in [0.25, 0.3) is 0 Å². The van der Waals surface area contributed by atoms with Crippen molar-refractivity contribution in [3.05, 3.63) is 55.3 Å². The van der Waals surface area contributed by atoms with E-state index in [4.69, 9.17) is 10.5 Å². The van der Waals surface area contributed by atoms with Gasteiger partial charge in [0.1, 0.15) is 11.4 Å². The maximum absolute atomic E-state index is 11.7. The number of methoxy groups -OCH3 is 1. The smallest absolute Gasteiger partial charge is 0.328 e. The summed E-state index contributed by atoms with van der Waals surface area (Å²) in [6, 6.07) is 5.47. The van der Waals surface area contributed by atoms with Crippen molar-refractivity contribution in [3.8, 4) is 5.75 Å². The maximum Gasteiger partial charge on any atom is 0.328 e. The second kappa shape index (κ2) is 5.31. The fourth-order valence-corrected chi connectivity index (χ4v) is 2.11. The van der Waals surface area contributed by atoms with Crippen LogP contribution in [0, 0.1) is 0 Å². The van der Waals surface area contributed by atoms with E-state index in [1.54, 1.807) is 13.2 Å². The molecule has 0 amide bonds. The molecule has 7 heteroatoms. The Bertz CT molecular complexity index is 721. The fourth-order valence-electron chi connectivity index (χ4n) is 1.70. The monoisotopic (exact) mass is 325 g/mol. The Morgan fingerprint density at radius 1 is 1.42 bits per heavy atom. The molecule has 0 bridgehead atoms. The quantitative estimate of drug-likeness (QED) is 0.878. The summed E-state index contributed by atoms with van der Waals surface area (Å²) in [6.45, 7) is 0.252. The zero-order chi connectivity index (χ0) is 14.0. The molecule has 0 aliphatic rings. The number of aromatic amines is 1. The lowest BCUT2D eigenvalue weighted by Gasteiger charge is -2.10. The molecule has 3 N–H and O–H groups in total. The Morgan fingerprint density at radius 3 is 2.84 bits per heavy atom. The number of aromatic nitrogens is 2. The molecule has 19 heavy (non-hydrogen) atoms. The third-order valence-electron chi connectivity index (χ3n) is 2.62. The molecule has 0 radical (unpaired) electrons. The molecule has 0 saturated heterocycles. The van der Waals surface area contributed by atoms with Gasteiger partial charge in [-0.05, 0) is 18.2 Å². The van der Waals surface area contributed by atoms with Gasteiger partial charge in [-0.15, -0.1) is 0 Å². The normalized spacial score (nSPS) is 10.4. The van der Waals surface area contributed by atoms with Gasteiger partial charge < -0.3 is 10.5 Å². The second-order valence-corrected chi connectivity index (χ2v) is 4.84. The number of anilines is 1. The van der Waals surface area contributed by atoms with Gasteiger partial charge in [0.2, 0.25) is 0 Å². The van der Waals surface area contributed by atoms with Crippen molar-refractivity contribution in [2.24, 2.45) is 0 Å². The summed E-state index contributed by atoms with van der Waals surface area (Å²) in [6.07, 6.45) is 1.32. The van der Waals surface area contributed by atoms with E-state index in [0.29, 0.717) is 5.75 Å². The highest BCUT2D eigenvalue weighted by Crippen LogP contribution is 2.23. The van der Waals surface area contributed by atoms with Gasteiger partial charge in [-0.2, -0.15) is 0 Å². The van der Waals surface area contributed by atoms with Gasteiger partial charge in [0, 0.05) is 16.2 Å². The third kappa shape index (κ3) is 2.87. The van der Waals surface area contributed by atoms with E-state index >= 15 is 0 Å². The highest BCUT2D eigenvalue weighted by molar-refractivity contribution is 9.10. The molecule has 0 unspecified atom stereocenters. The topological polar surface area (TPSA) is 90.1 Å². The molecule has 0 fully saturated rings. The summed E-state index contributed by atoms with van der Waals surface area (Å²) in [5.41, 5.74) is 5.20. The lowest BCUT2D eigenvalue weighted by molar-refractivity contribution is 0.408. The molecule has 1 aromatic heterocycles. The summed E-state index contributed by atoms with van der Waals surface area (Å²) in [4.78, 5) is 25.0. The average Bonchev–Trinajstić information content (AvgIpc) is 2.36. The van der Waals surface area contributed by atoms with E-state index in [1.807, 2.05) is 12.1 Å². The molecular formula is C12H12BrN3O3. The first-order chi connectivity index (χ1) is 9.01. The van der Waals surface area contributed by atoms with Crippen LogP contribution in [-0.4, -0.2) is 16.7 Å². The van der Waals surface area contributed by atoms with Gasteiger partial charge >= 0.3 is 5.69 Å². The van der Waals surface area contributed by atoms with Crippen molar-refractivity contribution >= 4 is 21.6 Å². The number of hydrogen-bond donors (Lipinski definition) is 2. The molecule has 2 rings (SSSR count). The van der Waals surface area contributed by atoms with Crippen molar-refractivity contribution < 1.29 is 4.74 Å². The first-order valence-corrected chi connectivity index (χ1v) is 6.22. The fraction of sp³-hybridized carbons (Fsp3) is 0.167. The zero-order valence-electron chi connectivity index (χ0n) is 10.1. The van der Waals surface area contributed by atoms with Gasteiger partial charge in [-0.1, -0.05) is 15.9 Å². The summed E-state index contributed by atoms with van der Waals surface area (Å²) in [5, 5.41) is 0. The minimum atomic E-state index is -0.581. The molecule has 2 aromatic rings. The van der Waals surface area contributed by atoms with Crippen LogP contribution < -0.4 is 21.7 Å². The second-order valence-electron chi connectivity index (χ2n) is 3.93. The van der Waals surface area contributed by atoms with Crippen molar-refractivity contribution in [1.29, 1.82) is 0 Å². The van der Waals surface area contributed by atoms with Crippen LogP contribution in [0.2, 0.25) is 0 Å². The summed E-state index contributed by atoms with van der Waals surface area (Å²) < 4.78 is 7.42. The van der Waals surface area contributed by atoms with Crippen LogP contribution in [0.15, 0.2) is 38.5 Å². The number of nitrogen functional groups attached to an aromatic ring is 1. The predicted molar refractivity (Wildman–Crippen MR) is 75.5 cm³/mol. The van der Waals surface area contributed by atoms with Crippen molar-refractivity contribution in [3.63, 3.8) is 0 Å². The van der Waals surface area contributed by atoms with Gasteiger partial charge in [-0.3, -0.25) is 14.3 Å². The Hall–Kier alpha value is -2.02. The highest BCUT2D eigenvalue weighted by Gasteiger charge is 2.07. The number of benzene rings is 1. The van der Waals surface area contributed by atoms with Crippen LogP contribution in [0.5, 0.6) is 5.75 Å². The molecule has 0 atom stereocenters. The minimum absolute atomic E-state index is 0.00596. The Balaban J connectivity index is 2.47. The molecular weight excluding hydrogens is 314 g/mol. The molecule has 0 aliphatic carbocycles. The van der Waals surface area contributed by atoms with Crippen LogP contribution in [-0.2, 0) is 6.54 Å². The van der Waals surface area contributed by atoms with E-state index < -0.39 is 11.2 Å². The molecule has 1 aromatic carbocycles. The number of H-pyrrole nitrogens is 1. The lowest BCUT2D eigenvalue weighted by Crippen LogP contribution is -2.31. The Morgan fingerprint density at radius 2 is 2.16 bits per heavy atom. The largest absolute Gasteiger partial charge is 0.496 e. The minimum Gasteiger partial charge on any atom is -0.496 e. The number of hydrogen-bond acceptors (Lipinski definition) is 4. The van der Waals surface area contributed by atoms with Gasteiger partial charge in [0.15, 0.2) is 0 Å². The van der Waals surface area contributed by atoms with Gasteiger partial charge in [0.05, 0.1) is 13.7 Å². The van der Waals surface area contributed by atoms with Crippen molar-refractivity contribution in [2.45, 2.75) is 6.54 Å². The number of halogens is 1. The molecule has 6 nitrogen and oxygen atoms in total. The molecule has 0 aliphatic heterocycles. The van der Waals surface area contributed by atoms with Crippen molar-refractivity contribution in [2.75, 3.05) is 12.8 Å². The number of nitrogens with zero attached hydrogens (tertiary/aromatic N) is 1. The number of rotatable bonds is 3. The Labute approximate surface area is 117 Å². The average molecular weight is 326 g/mol. The first-order valence-electron chi connectivity index (χ1n) is 5.43. The standard InChI is InChI=1S/C12H12BrN3O3/c1-19-10-3-2-8(13)4-7(10)5-16-6-9(14)11(17)15-12(16)18/h2-4,6H,5,14H2,1H3,(H,15,17,18). The number of nitrogens with one attached hydrogen (secondary N) is 1. The molecule has 0 spiro atoms. The molecule has 0 saturated carbocycles. The van der Waals surface area contributed by atoms with E-state index in [1.165, 1.54) is 10.8 Å². The van der Waals surface area contributed by atoms with Crippen LogP contribution in [0.1, 0.15) is 5.56 Å². The zero-order valence-corrected chi connectivity index (χ0v) is 11.7. The number of nitrogens with two attached hydrogens (primary N) is 1. The van der Waals surface area contributed by atoms with E-state index in [-0.39, 0.29) is 12.2 Å². The summed E-state index contributed by atoms with van der Waals surface area (Å²) in [7, 11) is 1.55.